The molecule has 1 atom stereocenters. The van der Waals surface area contributed by atoms with Crippen LogP contribution in [0.1, 0.15) is 11.1 Å². The van der Waals surface area contributed by atoms with Gasteiger partial charge in [0, 0.05) is 6.42 Å². The highest BCUT2D eigenvalue weighted by atomic mass is 35.5. The van der Waals surface area contributed by atoms with Crippen LogP contribution >= 0.6 is 11.6 Å². The van der Waals surface area contributed by atoms with E-state index in [0.29, 0.717) is 6.42 Å². The van der Waals surface area contributed by atoms with E-state index in [-0.39, 0.29) is 0 Å². The van der Waals surface area contributed by atoms with Crippen LogP contribution < -0.4 is 0 Å². The van der Waals surface area contributed by atoms with Crippen LogP contribution in [0, 0.1) is 6.92 Å². The van der Waals surface area contributed by atoms with Crippen molar-refractivity contribution in [1.82, 2.24) is 0 Å². The molecule has 0 spiro atoms. The maximum atomic E-state index is 10.5. The highest BCUT2D eigenvalue weighted by Crippen LogP contribution is 2.07. The monoisotopic (exact) mass is 169 g/mol. The van der Waals surface area contributed by atoms with Crippen LogP contribution in [-0.2, 0) is 11.5 Å². The summed E-state index contributed by atoms with van der Waals surface area (Å²) >= 11 is 5.30. The molecule has 1 aromatic carbocycles. The summed E-state index contributed by atoms with van der Waals surface area (Å²) in [6.07, 6.45) is 0.405. The summed E-state index contributed by atoms with van der Waals surface area (Å²) in [6.45, 7) is 2.01. The molecule has 0 amide bonds. The molecule has 0 aliphatic rings. The van der Waals surface area contributed by atoms with E-state index in [1.807, 2.05) is 31.2 Å². The van der Waals surface area contributed by atoms with Crippen molar-refractivity contribution in [3.8, 4) is 0 Å². The zero-order valence-corrected chi connectivity index (χ0v) is 7.14. The molecular formula is C9H10ClO. The van der Waals surface area contributed by atoms with Gasteiger partial charge >= 0.3 is 0 Å². The average Bonchev–Trinajstić information content (AvgIpc) is 1.93. The fourth-order valence-electron chi connectivity index (χ4n) is 0.909. The van der Waals surface area contributed by atoms with E-state index in [2.05, 4.69) is 0 Å². The molecule has 0 fully saturated rings. The lowest BCUT2D eigenvalue weighted by Gasteiger charge is -2.00. The topological polar surface area (TPSA) is 19.9 Å². The first-order valence-corrected chi connectivity index (χ1v) is 3.97. The second-order valence-electron chi connectivity index (χ2n) is 2.60. The number of rotatable bonds is 2. The number of aryl methyl sites for hydroxylation is 1. The number of benzene rings is 1. The van der Waals surface area contributed by atoms with E-state index in [1.54, 1.807) is 0 Å². The fraction of sp³-hybridized carbons (Fsp3) is 0.333. The largest absolute Gasteiger partial charge is 0.215 e. The van der Waals surface area contributed by atoms with Crippen LogP contribution in [0.5, 0.6) is 0 Å². The third kappa shape index (κ3) is 2.91. The van der Waals surface area contributed by atoms with Gasteiger partial charge in [0.1, 0.15) is 0 Å². The van der Waals surface area contributed by atoms with Gasteiger partial charge in [-0.25, -0.2) is 5.11 Å². The standard InChI is InChI=1S/C9H10ClO/c1-7-2-4-8(5-3-7)6-9(10)11/h2-5,9H,6H2,1H3. The Hall–Kier alpha value is -0.530. The Bertz CT molecular complexity index is 216. The van der Waals surface area contributed by atoms with E-state index in [4.69, 9.17) is 11.6 Å². The van der Waals surface area contributed by atoms with Crippen molar-refractivity contribution in [3.05, 3.63) is 35.4 Å². The molecule has 0 aliphatic carbocycles. The van der Waals surface area contributed by atoms with E-state index in [1.165, 1.54) is 5.56 Å². The van der Waals surface area contributed by atoms with E-state index < -0.39 is 5.56 Å². The van der Waals surface area contributed by atoms with Crippen molar-refractivity contribution < 1.29 is 5.11 Å². The van der Waals surface area contributed by atoms with Gasteiger partial charge in [0.05, 0.1) is 0 Å². The Kier molecular flexibility index (Phi) is 2.92. The normalized spacial score (nSPS) is 13.0. The maximum Gasteiger partial charge on any atom is 0.170 e. The molecule has 2 heteroatoms. The molecule has 59 valence electrons. The molecule has 1 rings (SSSR count). The van der Waals surface area contributed by atoms with Crippen LogP contribution in [0.15, 0.2) is 24.3 Å². The molecule has 1 radical (unpaired) electrons. The predicted octanol–water partition coefficient (Wildman–Crippen LogP) is 2.53. The molecule has 1 unspecified atom stereocenters. The third-order valence-electron chi connectivity index (χ3n) is 1.52. The minimum atomic E-state index is -1.02. The average molecular weight is 170 g/mol. The minimum absolute atomic E-state index is 0.405. The van der Waals surface area contributed by atoms with Gasteiger partial charge in [-0.3, -0.25) is 0 Å². The van der Waals surface area contributed by atoms with Gasteiger partial charge in [0.2, 0.25) is 0 Å². The highest BCUT2D eigenvalue weighted by molar-refractivity contribution is 6.19. The summed E-state index contributed by atoms with van der Waals surface area (Å²) in [4.78, 5) is 0. The first-order chi connectivity index (χ1) is 5.18. The summed E-state index contributed by atoms with van der Waals surface area (Å²) in [5, 5.41) is 10.5. The molecule has 1 aromatic rings. The van der Waals surface area contributed by atoms with E-state index in [0.717, 1.165) is 5.56 Å². The lowest BCUT2D eigenvalue weighted by atomic mass is 10.1. The molecule has 0 saturated carbocycles. The van der Waals surface area contributed by atoms with Crippen molar-refractivity contribution in [2.24, 2.45) is 0 Å². The first-order valence-electron chi connectivity index (χ1n) is 3.54. The quantitative estimate of drug-likeness (QED) is 0.607. The van der Waals surface area contributed by atoms with E-state index in [9.17, 15) is 5.11 Å². The van der Waals surface area contributed by atoms with Crippen molar-refractivity contribution in [2.75, 3.05) is 0 Å². The van der Waals surface area contributed by atoms with Crippen LogP contribution in [0.3, 0.4) is 0 Å². The van der Waals surface area contributed by atoms with Crippen molar-refractivity contribution in [3.63, 3.8) is 0 Å². The second kappa shape index (κ2) is 3.74. The Balaban J connectivity index is 2.66. The van der Waals surface area contributed by atoms with Crippen LogP contribution in [0.4, 0.5) is 0 Å². The fourth-order valence-corrected chi connectivity index (χ4v) is 1.09. The summed E-state index contributed by atoms with van der Waals surface area (Å²) in [5.41, 5.74) is 1.19. The molecule has 0 aliphatic heterocycles. The maximum absolute atomic E-state index is 10.5. The molecule has 0 heterocycles. The smallest absolute Gasteiger partial charge is 0.170 e. The Morgan fingerprint density at radius 1 is 1.36 bits per heavy atom. The molecule has 1 nitrogen and oxygen atoms in total. The van der Waals surface area contributed by atoms with Gasteiger partial charge < -0.3 is 0 Å². The number of hydrogen-bond donors (Lipinski definition) is 0. The number of halogens is 1. The molecular weight excluding hydrogens is 160 g/mol. The second-order valence-corrected chi connectivity index (χ2v) is 3.09. The number of alkyl halides is 1. The van der Waals surface area contributed by atoms with Gasteiger partial charge in [-0.05, 0) is 12.5 Å². The summed E-state index contributed by atoms with van der Waals surface area (Å²) in [5.74, 6) is 0. The summed E-state index contributed by atoms with van der Waals surface area (Å²) in [6, 6.07) is 7.83. The van der Waals surface area contributed by atoms with Gasteiger partial charge in [0.25, 0.3) is 0 Å². The summed E-state index contributed by atoms with van der Waals surface area (Å²) < 4.78 is 0. The van der Waals surface area contributed by atoms with Crippen molar-refractivity contribution >= 4 is 11.6 Å². The highest BCUT2D eigenvalue weighted by Gasteiger charge is 2.00. The van der Waals surface area contributed by atoms with Crippen LogP contribution in [-0.4, -0.2) is 5.56 Å². The zero-order chi connectivity index (χ0) is 8.27. The lowest BCUT2D eigenvalue weighted by molar-refractivity contribution is 0.159. The number of hydrogen-bond acceptors (Lipinski definition) is 0. The molecule has 0 aromatic heterocycles. The molecule has 11 heavy (non-hydrogen) atoms. The third-order valence-corrected chi connectivity index (χ3v) is 1.67. The van der Waals surface area contributed by atoms with Crippen LogP contribution in [0.25, 0.3) is 0 Å². The minimum Gasteiger partial charge on any atom is -0.215 e. The summed E-state index contributed by atoms with van der Waals surface area (Å²) in [7, 11) is 0. The van der Waals surface area contributed by atoms with E-state index >= 15 is 0 Å². The Morgan fingerprint density at radius 3 is 2.36 bits per heavy atom. The van der Waals surface area contributed by atoms with Crippen LogP contribution in [0.2, 0.25) is 0 Å². The molecule has 0 saturated heterocycles. The van der Waals surface area contributed by atoms with Gasteiger partial charge in [-0.1, -0.05) is 41.4 Å². The van der Waals surface area contributed by atoms with Gasteiger partial charge in [0.15, 0.2) is 5.56 Å². The Labute approximate surface area is 71.6 Å². The van der Waals surface area contributed by atoms with Gasteiger partial charge in [-0.2, -0.15) is 0 Å². The zero-order valence-electron chi connectivity index (χ0n) is 6.38. The van der Waals surface area contributed by atoms with Crippen molar-refractivity contribution in [2.45, 2.75) is 18.9 Å². The Morgan fingerprint density at radius 2 is 1.91 bits per heavy atom. The lowest BCUT2D eigenvalue weighted by Crippen LogP contribution is -1.98. The predicted molar refractivity (Wildman–Crippen MR) is 45.2 cm³/mol. The molecule has 0 bridgehead atoms. The first kappa shape index (κ1) is 8.57. The van der Waals surface area contributed by atoms with Gasteiger partial charge in [-0.15, -0.1) is 0 Å². The SMILES string of the molecule is Cc1ccc(CC([O])Cl)cc1. The molecule has 0 N–H and O–H groups in total. The van der Waals surface area contributed by atoms with Crippen molar-refractivity contribution in [1.29, 1.82) is 0 Å².